The van der Waals surface area contributed by atoms with Gasteiger partial charge in [-0.2, -0.15) is 21.4 Å². The number of benzene rings is 1. The molecule has 1 aromatic carbocycles. The number of carbonyl (C=O) groups is 1. The third kappa shape index (κ3) is 3.59. The second kappa shape index (κ2) is 6.23. The molecule has 1 heterocycles. The number of halogens is 2. The molecule has 0 radical (unpaired) electrons. The summed E-state index contributed by atoms with van der Waals surface area (Å²) in [6, 6.07) is 6.55. The van der Waals surface area contributed by atoms with Gasteiger partial charge in [0, 0.05) is 25.1 Å². The molecule has 1 fully saturated rings. The molecule has 3 nitrogen and oxygen atoms in total. The van der Waals surface area contributed by atoms with Crippen molar-refractivity contribution in [2.45, 2.75) is 19.6 Å². The number of likely N-dealkylation sites (tertiary alicyclic amines) is 1. The standard InChI is InChI=1S/C13H15F2NO2S/c14-13(15)18-11-4-2-1-3-10(11)7-16-6-9(8-19)5-12(16)17/h1-4,9,13,19H,5-8H2. The maximum absolute atomic E-state index is 12.3. The molecule has 1 unspecified atom stereocenters. The number of nitrogens with zero attached hydrogens (tertiary/aromatic N) is 1. The number of ether oxygens (including phenoxy) is 1. The Hall–Kier alpha value is -1.30. The molecule has 0 spiro atoms. The summed E-state index contributed by atoms with van der Waals surface area (Å²) in [5.74, 6) is 1.04. The minimum atomic E-state index is -2.86. The van der Waals surface area contributed by atoms with E-state index in [1.54, 1.807) is 23.1 Å². The Morgan fingerprint density at radius 3 is 2.79 bits per heavy atom. The van der Waals surface area contributed by atoms with Gasteiger partial charge in [0.1, 0.15) is 5.75 Å². The Morgan fingerprint density at radius 2 is 2.16 bits per heavy atom. The van der Waals surface area contributed by atoms with E-state index >= 15 is 0 Å². The quantitative estimate of drug-likeness (QED) is 0.843. The van der Waals surface area contributed by atoms with Crippen LogP contribution in [0, 0.1) is 5.92 Å². The van der Waals surface area contributed by atoms with E-state index in [9.17, 15) is 13.6 Å². The average molecular weight is 287 g/mol. The zero-order valence-corrected chi connectivity index (χ0v) is 11.2. The van der Waals surface area contributed by atoms with Gasteiger partial charge in [0.25, 0.3) is 0 Å². The van der Waals surface area contributed by atoms with Gasteiger partial charge in [-0.25, -0.2) is 0 Å². The van der Waals surface area contributed by atoms with Crippen LogP contribution in [-0.2, 0) is 11.3 Å². The van der Waals surface area contributed by atoms with Gasteiger partial charge in [-0.1, -0.05) is 18.2 Å². The van der Waals surface area contributed by atoms with E-state index in [1.165, 1.54) is 6.07 Å². The lowest BCUT2D eigenvalue weighted by Gasteiger charge is -2.18. The lowest BCUT2D eigenvalue weighted by molar-refractivity contribution is -0.128. The number of para-hydroxylation sites is 1. The largest absolute Gasteiger partial charge is 0.434 e. The summed E-state index contributed by atoms with van der Waals surface area (Å²) in [5.41, 5.74) is 0.593. The van der Waals surface area contributed by atoms with Gasteiger partial charge in [0.2, 0.25) is 5.91 Å². The van der Waals surface area contributed by atoms with E-state index < -0.39 is 6.61 Å². The van der Waals surface area contributed by atoms with E-state index in [-0.39, 0.29) is 17.6 Å². The molecule has 0 aromatic heterocycles. The van der Waals surface area contributed by atoms with Crippen LogP contribution in [0.2, 0.25) is 0 Å². The van der Waals surface area contributed by atoms with Crippen LogP contribution in [0.1, 0.15) is 12.0 Å². The summed E-state index contributed by atoms with van der Waals surface area (Å²) < 4.78 is 29.0. The van der Waals surface area contributed by atoms with Crippen molar-refractivity contribution in [3.05, 3.63) is 29.8 Å². The van der Waals surface area contributed by atoms with Crippen LogP contribution < -0.4 is 4.74 Å². The molecule has 104 valence electrons. The first-order chi connectivity index (χ1) is 9.10. The molecule has 2 rings (SSSR count). The third-order valence-electron chi connectivity index (χ3n) is 3.10. The topological polar surface area (TPSA) is 29.5 Å². The van der Waals surface area contributed by atoms with Gasteiger partial charge in [-0.15, -0.1) is 0 Å². The fourth-order valence-electron chi connectivity index (χ4n) is 2.18. The van der Waals surface area contributed by atoms with Crippen molar-refractivity contribution in [1.29, 1.82) is 0 Å². The Bertz CT molecular complexity index is 456. The minimum Gasteiger partial charge on any atom is -0.434 e. The van der Waals surface area contributed by atoms with Crippen molar-refractivity contribution in [1.82, 2.24) is 4.90 Å². The van der Waals surface area contributed by atoms with E-state index in [1.807, 2.05) is 0 Å². The van der Waals surface area contributed by atoms with E-state index in [2.05, 4.69) is 17.4 Å². The molecule has 1 atom stereocenters. The monoisotopic (exact) mass is 287 g/mol. The molecule has 1 saturated heterocycles. The predicted octanol–water partition coefficient (Wildman–Crippen LogP) is 2.57. The fraction of sp³-hybridized carbons (Fsp3) is 0.462. The number of hydrogen-bond donors (Lipinski definition) is 1. The first kappa shape index (κ1) is 14.1. The highest BCUT2D eigenvalue weighted by Gasteiger charge is 2.29. The molecule has 1 aliphatic heterocycles. The SMILES string of the molecule is O=C1CC(CS)CN1Cc1ccccc1OC(F)F. The van der Waals surface area contributed by atoms with Gasteiger partial charge < -0.3 is 9.64 Å². The second-order valence-electron chi connectivity index (χ2n) is 4.51. The molecule has 0 N–H and O–H groups in total. The highest BCUT2D eigenvalue weighted by molar-refractivity contribution is 7.80. The molecule has 1 aromatic rings. The number of amides is 1. The van der Waals surface area contributed by atoms with Crippen molar-refractivity contribution < 1.29 is 18.3 Å². The second-order valence-corrected chi connectivity index (χ2v) is 4.88. The Labute approximate surface area is 116 Å². The van der Waals surface area contributed by atoms with Crippen LogP contribution in [0.25, 0.3) is 0 Å². The minimum absolute atomic E-state index is 0.0332. The Kier molecular flexibility index (Phi) is 4.63. The van der Waals surface area contributed by atoms with E-state index in [0.717, 1.165) is 0 Å². The summed E-state index contributed by atoms with van der Waals surface area (Å²) in [5, 5.41) is 0. The van der Waals surface area contributed by atoms with Crippen LogP contribution in [0.4, 0.5) is 8.78 Å². The summed E-state index contributed by atoms with van der Waals surface area (Å²) in [4.78, 5) is 13.4. The zero-order chi connectivity index (χ0) is 13.8. The van der Waals surface area contributed by atoms with Gasteiger partial charge in [0.05, 0.1) is 0 Å². The van der Waals surface area contributed by atoms with Crippen molar-refractivity contribution in [3.8, 4) is 5.75 Å². The maximum atomic E-state index is 12.3. The van der Waals surface area contributed by atoms with Crippen LogP contribution in [0.3, 0.4) is 0 Å². The number of hydrogen-bond acceptors (Lipinski definition) is 3. The molecule has 0 aliphatic carbocycles. The van der Waals surface area contributed by atoms with Crippen molar-refractivity contribution >= 4 is 18.5 Å². The summed E-state index contributed by atoms with van der Waals surface area (Å²) in [7, 11) is 0. The first-order valence-electron chi connectivity index (χ1n) is 6.01. The number of carbonyl (C=O) groups excluding carboxylic acids is 1. The number of alkyl halides is 2. The third-order valence-corrected chi connectivity index (χ3v) is 3.62. The fourth-order valence-corrected chi connectivity index (χ4v) is 2.42. The Morgan fingerprint density at radius 1 is 1.42 bits per heavy atom. The molecule has 6 heteroatoms. The van der Waals surface area contributed by atoms with Crippen LogP contribution in [-0.4, -0.2) is 29.7 Å². The smallest absolute Gasteiger partial charge is 0.387 e. The van der Waals surface area contributed by atoms with E-state index in [0.29, 0.717) is 30.8 Å². The van der Waals surface area contributed by atoms with Gasteiger partial charge in [-0.3, -0.25) is 4.79 Å². The van der Waals surface area contributed by atoms with Crippen LogP contribution in [0.5, 0.6) is 5.75 Å². The van der Waals surface area contributed by atoms with E-state index in [4.69, 9.17) is 0 Å². The lowest BCUT2D eigenvalue weighted by atomic mass is 10.1. The molecular formula is C13H15F2NO2S. The van der Waals surface area contributed by atoms with Gasteiger partial charge in [-0.05, 0) is 17.7 Å². The van der Waals surface area contributed by atoms with Crippen LogP contribution in [0.15, 0.2) is 24.3 Å². The van der Waals surface area contributed by atoms with Crippen molar-refractivity contribution in [2.75, 3.05) is 12.3 Å². The highest BCUT2D eigenvalue weighted by Crippen LogP contribution is 2.26. The first-order valence-corrected chi connectivity index (χ1v) is 6.64. The molecule has 0 bridgehead atoms. The molecule has 1 aliphatic rings. The summed E-state index contributed by atoms with van der Waals surface area (Å²) in [6.07, 6.45) is 0.474. The number of thiol groups is 1. The zero-order valence-electron chi connectivity index (χ0n) is 10.3. The van der Waals surface area contributed by atoms with Crippen molar-refractivity contribution in [2.24, 2.45) is 5.92 Å². The van der Waals surface area contributed by atoms with Gasteiger partial charge >= 0.3 is 6.61 Å². The predicted molar refractivity (Wildman–Crippen MR) is 70.5 cm³/mol. The average Bonchev–Trinajstić information content (AvgIpc) is 2.72. The molecule has 1 amide bonds. The van der Waals surface area contributed by atoms with Crippen molar-refractivity contribution in [3.63, 3.8) is 0 Å². The summed E-state index contributed by atoms with van der Waals surface area (Å²) >= 11 is 4.19. The Balaban J connectivity index is 2.09. The normalized spacial score (nSPS) is 19.3. The summed E-state index contributed by atoms with van der Waals surface area (Å²) in [6.45, 7) is -1.95. The molecular weight excluding hydrogens is 272 g/mol. The number of rotatable bonds is 5. The molecule has 0 saturated carbocycles. The van der Waals surface area contributed by atoms with Crippen LogP contribution >= 0.6 is 12.6 Å². The highest BCUT2D eigenvalue weighted by atomic mass is 32.1. The van der Waals surface area contributed by atoms with Gasteiger partial charge in [0.15, 0.2) is 0 Å². The lowest BCUT2D eigenvalue weighted by Crippen LogP contribution is -2.25. The maximum Gasteiger partial charge on any atom is 0.387 e. The molecule has 19 heavy (non-hydrogen) atoms.